The third-order valence-electron chi connectivity index (χ3n) is 3.45. The van der Waals surface area contributed by atoms with Gasteiger partial charge < -0.3 is 15.4 Å². The largest absolute Gasteiger partial charge is 0.484 e. The van der Waals surface area contributed by atoms with Gasteiger partial charge >= 0.3 is 5.69 Å². The summed E-state index contributed by atoms with van der Waals surface area (Å²) in [6.07, 6.45) is 0. The highest BCUT2D eigenvalue weighted by Gasteiger charge is 2.15. The minimum Gasteiger partial charge on any atom is -0.484 e. The third kappa shape index (κ3) is 6.26. The van der Waals surface area contributed by atoms with E-state index in [-0.39, 0.29) is 30.7 Å². The average Bonchev–Trinajstić information content (AvgIpc) is 2.53. The fraction of sp³-hybridized carbons (Fsp3) is 0.500. The van der Waals surface area contributed by atoms with Crippen molar-refractivity contribution in [1.29, 1.82) is 0 Å². The van der Waals surface area contributed by atoms with E-state index in [0.29, 0.717) is 6.54 Å². The zero-order chi connectivity index (χ0) is 16.7. The first-order valence-electron chi connectivity index (χ1n) is 7.33. The Labute approximate surface area is 144 Å². The van der Waals surface area contributed by atoms with Gasteiger partial charge in [-0.3, -0.25) is 19.8 Å². The van der Waals surface area contributed by atoms with Crippen molar-refractivity contribution in [3.8, 4) is 5.75 Å². The molecule has 0 radical (unpaired) electrons. The highest BCUT2D eigenvalue weighted by atomic mass is 35.5. The van der Waals surface area contributed by atoms with Crippen LogP contribution in [0.5, 0.6) is 5.75 Å². The van der Waals surface area contributed by atoms with Crippen LogP contribution in [-0.2, 0) is 4.79 Å². The molecular weight excluding hydrogens is 343 g/mol. The van der Waals surface area contributed by atoms with Gasteiger partial charge in [0.05, 0.1) is 4.92 Å². The van der Waals surface area contributed by atoms with Gasteiger partial charge in [0.15, 0.2) is 6.61 Å². The summed E-state index contributed by atoms with van der Waals surface area (Å²) in [7, 11) is 0. The molecule has 1 aliphatic rings. The number of hydrogen-bond acceptors (Lipinski definition) is 6. The van der Waals surface area contributed by atoms with E-state index in [2.05, 4.69) is 15.5 Å². The molecule has 1 amide bonds. The van der Waals surface area contributed by atoms with Crippen LogP contribution in [0, 0.1) is 15.9 Å². The molecule has 24 heavy (non-hydrogen) atoms. The van der Waals surface area contributed by atoms with Gasteiger partial charge in [0.1, 0.15) is 5.75 Å². The van der Waals surface area contributed by atoms with E-state index in [1.807, 2.05) is 0 Å². The number of nitrogens with zero attached hydrogens (tertiary/aromatic N) is 2. The Kier molecular flexibility index (Phi) is 8.37. The Balaban J connectivity index is 0.00000288. The number of amides is 1. The van der Waals surface area contributed by atoms with Crippen LogP contribution in [0.15, 0.2) is 18.2 Å². The molecule has 10 heteroatoms. The zero-order valence-corrected chi connectivity index (χ0v) is 13.8. The maximum absolute atomic E-state index is 13.4. The number of halogens is 2. The maximum Gasteiger partial charge on any atom is 0.305 e. The molecule has 0 bridgehead atoms. The molecule has 0 saturated carbocycles. The van der Waals surface area contributed by atoms with Crippen molar-refractivity contribution < 1.29 is 18.8 Å². The highest BCUT2D eigenvalue weighted by Crippen LogP contribution is 2.22. The molecule has 0 aromatic heterocycles. The number of ether oxygens (including phenoxy) is 1. The first kappa shape index (κ1) is 20.1. The first-order valence-corrected chi connectivity index (χ1v) is 7.33. The van der Waals surface area contributed by atoms with Crippen molar-refractivity contribution in [3.63, 3.8) is 0 Å². The van der Waals surface area contributed by atoms with Gasteiger partial charge in [-0.15, -0.1) is 12.4 Å². The van der Waals surface area contributed by atoms with Gasteiger partial charge in [-0.1, -0.05) is 0 Å². The number of carbonyl (C=O) groups excluding carboxylic acids is 1. The Morgan fingerprint density at radius 1 is 1.42 bits per heavy atom. The summed E-state index contributed by atoms with van der Waals surface area (Å²) in [5, 5.41) is 16.5. The van der Waals surface area contributed by atoms with E-state index in [0.717, 1.165) is 44.9 Å². The van der Waals surface area contributed by atoms with Crippen molar-refractivity contribution >= 4 is 24.0 Å². The summed E-state index contributed by atoms with van der Waals surface area (Å²) in [5.74, 6) is -1.24. The van der Waals surface area contributed by atoms with Crippen molar-refractivity contribution in [3.05, 3.63) is 34.1 Å². The number of rotatable bonds is 7. The van der Waals surface area contributed by atoms with E-state index in [1.54, 1.807) is 0 Å². The molecule has 1 heterocycles. The molecule has 0 spiro atoms. The monoisotopic (exact) mass is 362 g/mol. The van der Waals surface area contributed by atoms with Crippen molar-refractivity contribution in [1.82, 2.24) is 15.5 Å². The molecule has 1 aromatic rings. The molecule has 0 atom stereocenters. The SMILES string of the molecule is Cl.O=C(COc1ccc([N+](=O)[O-])c(F)c1)NCCN1CCNCC1. The zero-order valence-electron chi connectivity index (χ0n) is 13.0. The van der Waals surface area contributed by atoms with E-state index < -0.39 is 16.4 Å². The average molecular weight is 363 g/mol. The van der Waals surface area contributed by atoms with Gasteiger partial charge in [-0.2, -0.15) is 4.39 Å². The lowest BCUT2D eigenvalue weighted by Gasteiger charge is -2.27. The standard InChI is InChI=1S/C14H19FN4O4.ClH/c15-12-9-11(1-2-13(12)19(21)22)23-10-14(20)17-5-8-18-6-3-16-4-7-18;/h1-2,9,16H,3-8,10H2,(H,17,20);1H. The predicted molar refractivity (Wildman–Crippen MR) is 88.1 cm³/mol. The van der Waals surface area contributed by atoms with Crippen LogP contribution in [0.2, 0.25) is 0 Å². The lowest BCUT2D eigenvalue weighted by molar-refractivity contribution is -0.387. The first-order chi connectivity index (χ1) is 11.1. The second-order valence-electron chi connectivity index (χ2n) is 5.10. The maximum atomic E-state index is 13.4. The molecule has 1 aromatic carbocycles. The Morgan fingerprint density at radius 3 is 2.75 bits per heavy atom. The lowest BCUT2D eigenvalue weighted by Crippen LogP contribution is -2.46. The van der Waals surface area contributed by atoms with E-state index in [4.69, 9.17) is 4.74 Å². The van der Waals surface area contributed by atoms with Gasteiger partial charge in [-0.05, 0) is 6.07 Å². The summed E-state index contributed by atoms with van der Waals surface area (Å²) in [6, 6.07) is 3.16. The van der Waals surface area contributed by atoms with Gasteiger partial charge in [-0.25, -0.2) is 0 Å². The number of nitrogens with one attached hydrogen (secondary N) is 2. The molecule has 134 valence electrons. The fourth-order valence-electron chi connectivity index (χ4n) is 2.21. The van der Waals surface area contributed by atoms with Crippen LogP contribution >= 0.6 is 12.4 Å². The van der Waals surface area contributed by atoms with Crippen LogP contribution in [-0.4, -0.2) is 61.6 Å². The molecule has 1 fully saturated rings. The van der Waals surface area contributed by atoms with Crippen LogP contribution in [0.1, 0.15) is 0 Å². The predicted octanol–water partition coefficient (Wildman–Crippen LogP) is 0.556. The number of piperazine rings is 1. The normalized spacial score (nSPS) is 14.5. The van der Waals surface area contributed by atoms with Crippen LogP contribution in [0.25, 0.3) is 0 Å². The molecular formula is C14H20ClFN4O4. The Bertz CT molecular complexity index is 570. The van der Waals surface area contributed by atoms with Crippen molar-refractivity contribution in [2.45, 2.75) is 0 Å². The van der Waals surface area contributed by atoms with Gasteiger partial charge in [0.25, 0.3) is 5.91 Å². The minimum absolute atomic E-state index is 0. The van der Waals surface area contributed by atoms with Crippen LogP contribution < -0.4 is 15.4 Å². The molecule has 0 aliphatic carbocycles. The van der Waals surface area contributed by atoms with Crippen molar-refractivity contribution in [2.75, 3.05) is 45.9 Å². The second-order valence-corrected chi connectivity index (χ2v) is 5.10. The molecule has 2 rings (SSSR count). The summed E-state index contributed by atoms with van der Waals surface area (Å²) in [4.78, 5) is 23.6. The summed E-state index contributed by atoms with van der Waals surface area (Å²) in [5.41, 5.74) is -0.627. The lowest BCUT2D eigenvalue weighted by atomic mass is 10.3. The number of nitro benzene ring substituents is 1. The number of carbonyl (C=O) groups is 1. The fourth-order valence-corrected chi connectivity index (χ4v) is 2.21. The topological polar surface area (TPSA) is 96.7 Å². The summed E-state index contributed by atoms with van der Waals surface area (Å²) < 4.78 is 18.5. The second kappa shape index (κ2) is 10.0. The summed E-state index contributed by atoms with van der Waals surface area (Å²) in [6.45, 7) is 4.81. The quantitative estimate of drug-likeness (QED) is 0.543. The smallest absolute Gasteiger partial charge is 0.305 e. The number of hydrogen-bond donors (Lipinski definition) is 2. The van der Waals surface area contributed by atoms with E-state index >= 15 is 0 Å². The van der Waals surface area contributed by atoms with Crippen LogP contribution in [0.4, 0.5) is 10.1 Å². The molecule has 8 nitrogen and oxygen atoms in total. The number of benzene rings is 1. The van der Waals surface area contributed by atoms with Crippen LogP contribution in [0.3, 0.4) is 0 Å². The van der Waals surface area contributed by atoms with E-state index in [1.165, 1.54) is 6.07 Å². The molecule has 2 N–H and O–H groups in total. The highest BCUT2D eigenvalue weighted by molar-refractivity contribution is 5.85. The molecule has 1 aliphatic heterocycles. The number of nitro groups is 1. The Morgan fingerprint density at radius 2 is 2.12 bits per heavy atom. The third-order valence-corrected chi connectivity index (χ3v) is 3.45. The molecule has 0 unspecified atom stereocenters. The summed E-state index contributed by atoms with van der Waals surface area (Å²) >= 11 is 0. The van der Waals surface area contributed by atoms with Gasteiger partial charge in [0, 0.05) is 51.4 Å². The van der Waals surface area contributed by atoms with Gasteiger partial charge in [0.2, 0.25) is 5.82 Å². The Hall–Kier alpha value is -1.97. The van der Waals surface area contributed by atoms with E-state index in [9.17, 15) is 19.3 Å². The minimum atomic E-state index is -0.994. The molecule has 1 saturated heterocycles. The van der Waals surface area contributed by atoms with Crippen molar-refractivity contribution in [2.24, 2.45) is 0 Å².